The Morgan fingerprint density at radius 3 is 2.94 bits per heavy atom. The van der Waals surface area contributed by atoms with Gasteiger partial charge in [-0.2, -0.15) is 0 Å². The van der Waals surface area contributed by atoms with Crippen LogP contribution in [0.4, 0.5) is 0 Å². The highest BCUT2D eigenvalue weighted by Gasteiger charge is 2.16. The summed E-state index contributed by atoms with van der Waals surface area (Å²) >= 11 is 5.93. The van der Waals surface area contributed by atoms with Crippen molar-refractivity contribution in [3.8, 4) is 0 Å². The zero-order valence-electron chi connectivity index (χ0n) is 8.91. The van der Waals surface area contributed by atoms with Crippen molar-refractivity contribution in [3.63, 3.8) is 0 Å². The second kappa shape index (κ2) is 4.09. The summed E-state index contributed by atoms with van der Waals surface area (Å²) in [6, 6.07) is 0.0702. The van der Waals surface area contributed by atoms with Gasteiger partial charge in [0.15, 0.2) is 0 Å². The Balaban J connectivity index is 2.49. The number of hydrogen-bond donors (Lipinski definition) is 2. The van der Waals surface area contributed by atoms with Crippen molar-refractivity contribution in [2.24, 2.45) is 0 Å². The Labute approximate surface area is 97.2 Å². The number of rotatable bonds is 2. The third-order valence-corrected chi connectivity index (χ3v) is 2.37. The molecule has 0 spiro atoms. The lowest BCUT2D eigenvalue weighted by molar-refractivity contribution is 0.0945. The van der Waals surface area contributed by atoms with E-state index in [0.29, 0.717) is 16.6 Å². The van der Waals surface area contributed by atoms with Crippen molar-refractivity contribution in [1.82, 2.24) is 20.3 Å². The molecule has 1 amide bonds. The highest BCUT2D eigenvalue weighted by atomic mass is 35.5. The molecule has 0 saturated carbocycles. The van der Waals surface area contributed by atoms with Gasteiger partial charge < -0.3 is 10.3 Å². The maximum absolute atomic E-state index is 11.8. The zero-order chi connectivity index (χ0) is 11.7. The molecule has 2 aromatic heterocycles. The summed E-state index contributed by atoms with van der Waals surface area (Å²) < 4.78 is 0. The number of H-pyrrole nitrogens is 1. The van der Waals surface area contributed by atoms with Gasteiger partial charge in [-0.3, -0.25) is 4.79 Å². The molecule has 0 aliphatic rings. The average molecular weight is 239 g/mol. The fourth-order valence-electron chi connectivity index (χ4n) is 1.44. The molecule has 0 saturated heterocycles. The number of hydrogen-bond acceptors (Lipinski definition) is 3. The summed E-state index contributed by atoms with van der Waals surface area (Å²) in [5.41, 5.74) is 1.03. The van der Waals surface area contributed by atoms with Gasteiger partial charge in [-0.25, -0.2) is 9.97 Å². The molecule has 2 aromatic rings. The molecule has 84 valence electrons. The monoisotopic (exact) mass is 238 g/mol. The normalized spacial score (nSPS) is 11.0. The second-order valence-electron chi connectivity index (χ2n) is 3.72. The topological polar surface area (TPSA) is 70.7 Å². The molecule has 0 fully saturated rings. The lowest BCUT2D eigenvalue weighted by Gasteiger charge is -2.07. The third-order valence-electron chi connectivity index (χ3n) is 2.09. The molecular formula is C10H11ClN4O. The summed E-state index contributed by atoms with van der Waals surface area (Å²) in [5, 5.41) is 3.63. The molecule has 0 aliphatic carbocycles. The Bertz CT molecular complexity index is 535. The van der Waals surface area contributed by atoms with Gasteiger partial charge in [0.1, 0.15) is 17.1 Å². The van der Waals surface area contributed by atoms with Gasteiger partial charge in [-0.15, -0.1) is 0 Å². The van der Waals surface area contributed by atoms with Crippen LogP contribution in [-0.4, -0.2) is 26.9 Å². The third kappa shape index (κ3) is 1.86. The molecular weight excluding hydrogens is 228 g/mol. The van der Waals surface area contributed by atoms with Gasteiger partial charge in [0, 0.05) is 12.2 Å². The number of nitrogens with zero attached hydrogens (tertiary/aromatic N) is 2. The highest BCUT2D eigenvalue weighted by molar-refractivity contribution is 6.35. The van der Waals surface area contributed by atoms with E-state index in [1.165, 1.54) is 6.33 Å². The molecule has 0 bridgehead atoms. The van der Waals surface area contributed by atoms with E-state index in [4.69, 9.17) is 11.6 Å². The molecule has 2 rings (SSSR count). The van der Waals surface area contributed by atoms with Crippen LogP contribution < -0.4 is 5.32 Å². The van der Waals surface area contributed by atoms with Gasteiger partial charge in [-0.1, -0.05) is 11.6 Å². The number of nitrogens with one attached hydrogen (secondary N) is 2. The summed E-state index contributed by atoms with van der Waals surface area (Å²) in [6.45, 7) is 3.79. The lowest BCUT2D eigenvalue weighted by Crippen LogP contribution is -2.29. The Hall–Kier alpha value is -1.62. The molecule has 16 heavy (non-hydrogen) atoms. The predicted molar refractivity (Wildman–Crippen MR) is 61.5 cm³/mol. The van der Waals surface area contributed by atoms with E-state index in [1.54, 1.807) is 6.20 Å². The van der Waals surface area contributed by atoms with E-state index in [2.05, 4.69) is 20.3 Å². The number of carbonyl (C=O) groups is 1. The Morgan fingerprint density at radius 2 is 2.25 bits per heavy atom. The molecule has 5 nitrogen and oxygen atoms in total. The molecule has 0 aromatic carbocycles. The summed E-state index contributed by atoms with van der Waals surface area (Å²) in [7, 11) is 0. The summed E-state index contributed by atoms with van der Waals surface area (Å²) in [5.74, 6) is -0.182. The number of fused-ring (bicyclic) bond motifs is 1. The Kier molecular flexibility index (Phi) is 2.78. The van der Waals surface area contributed by atoms with E-state index in [1.807, 2.05) is 13.8 Å². The van der Waals surface area contributed by atoms with Crippen LogP contribution in [-0.2, 0) is 0 Å². The van der Waals surface area contributed by atoms with Crippen LogP contribution in [0, 0.1) is 0 Å². The first kappa shape index (κ1) is 10.9. The molecule has 2 heterocycles. The van der Waals surface area contributed by atoms with Crippen LogP contribution >= 0.6 is 11.6 Å². The van der Waals surface area contributed by atoms with Crippen molar-refractivity contribution < 1.29 is 4.79 Å². The van der Waals surface area contributed by atoms with Crippen molar-refractivity contribution in [2.75, 3.05) is 0 Å². The summed E-state index contributed by atoms with van der Waals surface area (Å²) in [6.07, 6.45) is 2.94. The number of halogens is 1. The number of aromatic amines is 1. The quantitative estimate of drug-likeness (QED) is 0.783. The van der Waals surface area contributed by atoms with Gasteiger partial charge in [0.2, 0.25) is 0 Å². The minimum absolute atomic E-state index is 0.0702. The van der Waals surface area contributed by atoms with E-state index in [9.17, 15) is 4.79 Å². The van der Waals surface area contributed by atoms with Crippen LogP contribution in [0.3, 0.4) is 0 Å². The van der Waals surface area contributed by atoms with Crippen LogP contribution in [0.5, 0.6) is 0 Å². The lowest BCUT2D eigenvalue weighted by atomic mass is 10.2. The van der Waals surface area contributed by atoms with Gasteiger partial charge in [0.25, 0.3) is 5.91 Å². The first-order valence-corrected chi connectivity index (χ1v) is 5.26. The Morgan fingerprint density at radius 1 is 1.50 bits per heavy atom. The fourth-order valence-corrected chi connectivity index (χ4v) is 1.68. The van der Waals surface area contributed by atoms with Crippen LogP contribution in [0.1, 0.15) is 24.2 Å². The van der Waals surface area contributed by atoms with E-state index in [-0.39, 0.29) is 17.1 Å². The first-order valence-electron chi connectivity index (χ1n) is 4.88. The van der Waals surface area contributed by atoms with E-state index < -0.39 is 0 Å². The number of carbonyl (C=O) groups excluding carboxylic acids is 1. The second-order valence-corrected chi connectivity index (χ2v) is 4.08. The maximum atomic E-state index is 11.8. The van der Waals surface area contributed by atoms with Crippen molar-refractivity contribution in [1.29, 1.82) is 0 Å². The number of aromatic nitrogens is 3. The van der Waals surface area contributed by atoms with Crippen molar-refractivity contribution in [3.05, 3.63) is 23.2 Å². The molecule has 2 N–H and O–H groups in total. The minimum Gasteiger partial charge on any atom is -0.350 e. The first-order chi connectivity index (χ1) is 7.59. The predicted octanol–water partition coefficient (Wildman–Crippen LogP) is 1.75. The standard InChI is InChI=1S/C10H11ClN4O/c1-5(2)15-10(16)6-3-12-9-7(6)8(11)13-4-14-9/h3-5H,1-2H3,(H,15,16)(H,12,13,14). The maximum Gasteiger partial charge on any atom is 0.253 e. The highest BCUT2D eigenvalue weighted by Crippen LogP contribution is 2.22. The van der Waals surface area contributed by atoms with Crippen LogP contribution in [0.2, 0.25) is 5.15 Å². The minimum atomic E-state index is -0.182. The van der Waals surface area contributed by atoms with E-state index >= 15 is 0 Å². The average Bonchev–Trinajstić information content (AvgIpc) is 2.61. The number of amides is 1. The van der Waals surface area contributed by atoms with Crippen molar-refractivity contribution >= 4 is 28.5 Å². The summed E-state index contributed by atoms with van der Waals surface area (Å²) in [4.78, 5) is 22.6. The molecule has 6 heteroatoms. The van der Waals surface area contributed by atoms with Crippen LogP contribution in [0.25, 0.3) is 11.0 Å². The van der Waals surface area contributed by atoms with Crippen molar-refractivity contribution in [2.45, 2.75) is 19.9 Å². The smallest absolute Gasteiger partial charge is 0.253 e. The molecule has 0 atom stereocenters. The van der Waals surface area contributed by atoms with Gasteiger partial charge >= 0.3 is 0 Å². The SMILES string of the molecule is CC(C)NC(=O)c1c[nH]c2ncnc(Cl)c12. The zero-order valence-corrected chi connectivity index (χ0v) is 9.67. The van der Waals surface area contributed by atoms with Gasteiger partial charge in [0.05, 0.1) is 10.9 Å². The van der Waals surface area contributed by atoms with E-state index in [0.717, 1.165) is 0 Å². The van der Waals surface area contributed by atoms with Crippen LogP contribution in [0.15, 0.2) is 12.5 Å². The molecule has 0 radical (unpaired) electrons. The fraction of sp³-hybridized carbons (Fsp3) is 0.300. The molecule has 0 unspecified atom stereocenters. The molecule has 0 aliphatic heterocycles. The largest absolute Gasteiger partial charge is 0.350 e. The van der Waals surface area contributed by atoms with Gasteiger partial charge in [-0.05, 0) is 13.8 Å².